The van der Waals surface area contributed by atoms with E-state index in [-0.39, 0.29) is 18.2 Å². The summed E-state index contributed by atoms with van der Waals surface area (Å²) in [6.45, 7) is 2.64. The molecule has 1 atom stereocenters. The molecule has 1 heterocycles. The average molecular weight is 296 g/mol. The third-order valence-corrected chi connectivity index (χ3v) is 4.25. The largest absolute Gasteiger partial charge is 0.356 e. The molecule has 2 amide bonds. The molecule has 20 heavy (non-hydrogen) atoms. The summed E-state index contributed by atoms with van der Waals surface area (Å²) in [4.78, 5) is 23.4. The first kappa shape index (κ1) is 15.0. The number of carbonyl (C=O) groups excluding carboxylic acids is 2. The van der Waals surface area contributed by atoms with Crippen LogP contribution < -0.4 is 10.6 Å². The van der Waals surface area contributed by atoms with Crippen LogP contribution in [0.15, 0.2) is 10.2 Å². The smallest absolute Gasteiger partial charge is 0.240 e. The van der Waals surface area contributed by atoms with Gasteiger partial charge in [-0.15, -0.1) is 5.10 Å². The van der Waals surface area contributed by atoms with Crippen LogP contribution in [0.5, 0.6) is 0 Å². The van der Waals surface area contributed by atoms with Gasteiger partial charge in [-0.05, 0) is 32.1 Å². The average Bonchev–Trinajstić information content (AvgIpc) is 3.05. The Bertz CT molecular complexity index is 440. The van der Waals surface area contributed by atoms with Crippen LogP contribution in [0.3, 0.4) is 0 Å². The Balaban J connectivity index is 1.85. The topological polar surface area (TPSA) is 82.9 Å². The van der Waals surface area contributed by atoms with E-state index >= 15 is 0 Å². The number of hydrogen-bond acceptors (Lipinski definition) is 5. The molecule has 0 aromatic carbocycles. The maximum Gasteiger partial charge on any atom is 0.240 e. The van der Waals surface area contributed by atoms with Gasteiger partial charge in [0.1, 0.15) is 5.25 Å². The van der Waals surface area contributed by atoms with Crippen LogP contribution in [-0.2, 0) is 9.59 Å². The second kappa shape index (κ2) is 7.42. The van der Waals surface area contributed by atoms with Gasteiger partial charge in [-0.3, -0.25) is 9.59 Å². The summed E-state index contributed by atoms with van der Waals surface area (Å²) in [7, 11) is 0. The number of rotatable bonds is 5. The first-order valence-corrected chi connectivity index (χ1v) is 7.94. The lowest BCUT2D eigenvalue weighted by molar-refractivity contribution is -0.125. The Labute approximate surface area is 122 Å². The minimum Gasteiger partial charge on any atom is -0.356 e. The zero-order valence-corrected chi connectivity index (χ0v) is 12.5. The molecular weight excluding hydrogens is 276 g/mol. The van der Waals surface area contributed by atoms with E-state index in [1.807, 2.05) is 6.92 Å². The van der Waals surface area contributed by atoms with E-state index in [2.05, 4.69) is 20.8 Å². The normalized spacial score (nSPS) is 24.1. The van der Waals surface area contributed by atoms with Crippen molar-refractivity contribution in [2.45, 2.75) is 50.7 Å². The van der Waals surface area contributed by atoms with E-state index in [4.69, 9.17) is 0 Å². The van der Waals surface area contributed by atoms with Crippen LogP contribution in [0.2, 0.25) is 0 Å². The lowest BCUT2D eigenvalue weighted by atomic mass is 10.2. The van der Waals surface area contributed by atoms with E-state index in [0.29, 0.717) is 11.7 Å². The molecule has 0 spiro atoms. The molecule has 110 valence electrons. The predicted octanol–water partition coefficient (Wildman–Crippen LogP) is 1.42. The second-order valence-corrected chi connectivity index (χ2v) is 6.12. The highest BCUT2D eigenvalue weighted by Gasteiger charge is 2.32. The Morgan fingerprint density at radius 2 is 2.15 bits per heavy atom. The summed E-state index contributed by atoms with van der Waals surface area (Å²) < 4.78 is 0. The van der Waals surface area contributed by atoms with Gasteiger partial charge in [-0.2, -0.15) is 5.10 Å². The van der Waals surface area contributed by atoms with Crippen LogP contribution >= 0.6 is 11.8 Å². The zero-order valence-electron chi connectivity index (χ0n) is 11.6. The molecule has 1 aliphatic heterocycles. The Morgan fingerprint density at radius 3 is 2.85 bits per heavy atom. The fraction of sp³-hybridized carbons (Fsp3) is 0.692. The van der Waals surface area contributed by atoms with Gasteiger partial charge in [0.2, 0.25) is 11.8 Å². The van der Waals surface area contributed by atoms with Gasteiger partial charge in [-0.25, -0.2) is 0 Å². The molecule has 0 aromatic heterocycles. The van der Waals surface area contributed by atoms with E-state index in [9.17, 15) is 9.59 Å². The number of hydrogen-bond donors (Lipinski definition) is 2. The maximum atomic E-state index is 11.7. The first-order valence-electron chi connectivity index (χ1n) is 7.06. The number of nitrogens with zero attached hydrogens (tertiary/aromatic N) is 2. The molecule has 2 rings (SSSR count). The summed E-state index contributed by atoms with van der Waals surface area (Å²) in [6.07, 6.45) is 5.41. The van der Waals surface area contributed by atoms with Crippen LogP contribution in [0.4, 0.5) is 0 Å². The minimum absolute atomic E-state index is 0.0946. The van der Waals surface area contributed by atoms with E-state index < -0.39 is 5.25 Å². The number of amidine groups is 1. The molecule has 1 saturated carbocycles. The monoisotopic (exact) mass is 296 g/mol. The summed E-state index contributed by atoms with van der Waals surface area (Å²) >= 11 is 1.29. The SMILES string of the molecule is CCCNC(=O)CC1S/C(=N\N=C2CCCC2)NC1=O. The van der Waals surface area contributed by atoms with Crippen molar-refractivity contribution in [1.82, 2.24) is 10.6 Å². The number of nitrogens with one attached hydrogen (secondary N) is 2. The Hall–Kier alpha value is -1.37. The highest BCUT2D eigenvalue weighted by atomic mass is 32.2. The van der Waals surface area contributed by atoms with Gasteiger partial charge in [0, 0.05) is 18.7 Å². The fourth-order valence-corrected chi connectivity index (χ4v) is 3.01. The van der Waals surface area contributed by atoms with Crippen molar-refractivity contribution < 1.29 is 9.59 Å². The molecule has 1 aliphatic carbocycles. The highest BCUT2D eigenvalue weighted by Crippen LogP contribution is 2.23. The molecule has 2 aliphatic rings. The van der Waals surface area contributed by atoms with E-state index in [1.54, 1.807) is 0 Å². The van der Waals surface area contributed by atoms with Crippen molar-refractivity contribution in [1.29, 1.82) is 0 Å². The third-order valence-electron chi connectivity index (χ3n) is 3.18. The summed E-state index contributed by atoms with van der Waals surface area (Å²) in [5.41, 5.74) is 1.09. The molecule has 2 fully saturated rings. The van der Waals surface area contributed by atoms with Crippen molar-refractivity contribution in [3.63, 3.8) is 0 Å². The van der Waals surface area contributed by atoms with Gasteiger partial charge < -0.3 is 10.6 Å². The fourth-order valence-electron chi connectivity index (χ4n) is 2.09. The Morgan fingerprint density at radius 1 is 1.40 bits per heavy atom. The highest BCUT2D eigenvalue weighted by molar-refractivity contribution is 8.15. The number of amides is 2. The van der Waals surface area contributed by atoms with Gasteiger partial charge in [-0.1, -0.05) is 18.7 Å². The standard InChI is InChI=1S/C13H20N4O2S/c1-2-7-14-11(18)8-10-12(19)15-13(20-10)17-16-9-5-3-4-6-9/h10H,2-8H2,1H3,(H,14,18)(H,15,17,19). The van der Waals surface area contributed by atoms with Gasteiger partial charge in [0.25, 0.3) is 0 Å². The van der Waals surface area contributed by atoms with Gasteiger partial charge in [0.15, 0.2) is 5.17 Å². The maximum absolute atomic E-state index is 11.7. The van der Waals surface area contributed by atoms with Crippen LogP contribution in [-0.4, -0.2) is 34.5 Å². The molecule has 1 unspecified atom stereocenters. The van der Waals surface area contributed by atoms with Crippen molar-refractivity contribution in [3.8, 4) is 0 Å². The van der Waals surface area contributed by atoms with Crippen molar-refractivity contribution in [2.24, 2.45) is 10.2 Å². The van der Waals surface area contributed by atoms with Crippen molar-refractivity contribution in [3.05, 3.63) is 0 Å². The summed E-state index contributed by atoms with van der Waals surface area (Å²) in [5, 5.41) is 13.8. The second-order valence-electron chi connectivity index (χ2n) is 4.93. The van der Waals surface area contributed by atoms with E-state index in [0.717, 1.165) is 25.0 Å². The minimum atomic E-state index is -0.394. The molecule has 2 N–H and O–H groups in total. The quantitative estimate of drug-likeness (QED) is 0.753. The van der Waals surface area contributed by atoms with Crippen LogP contribution in [0.1, 0.15) is 45.4 Å². The Kier molecular flexibility index (Phi) is 5.58. The predicted molar refractivity (Wildman–Crippen MR) is 80.8 cm³/mol. The van der Waals surface area contributed by atoms with Crippen LogP contribution in [0.25, 0.3) is 0 Å². The van der Waals surface area contributed by atoms with Gasteiger partial charge >= 0.3 is 0 Å². The molecular formula is C13H20N4O2S. The summed E-state index contributed by atoms with van der Waals surface area (Å²) in [6, 6.07) is 0. The van der Waals surface area contributed by atoms with Crippen molar-refractivity contribution >= 4 is 34.5 Å². The summed E-state index contributed by atoms with van der Waals surface area (Å²) in [5.74, 6) is -0.255. The third kappa shape index (κ3) is 4.33. The molecule has 7 heteroatoms. The van der Waals surface area contributed by atoms with Crippen LogP contribution in [0, 0.1) is 0 Å². The molecule has 6 nitrogen and oxygen atoms in total. The molecule has 0 aromatic rings. The molecule has 1 saturated heterocycles. The number of carbonyl (C=O) groups is 2. The number of thioether (sulfide) groups is 1. The molecule has 0 radical (unpaired) electrons. The lowest BCUT2D eigenvalue weighted by Crippen LogP contribution is -2.31. The zero-order chi connectivity index (χ0) is 14.4. The first-order chi connectivity index (χ1) is 9.69. The van der Waals surface area contributed by atoms with E-state index in [1.165, 1.54) is 24.6 Å². The van der Waals surface area contributed by atoms with Gasteiger partial charge in [0.05, 0.1) is 0 Å². The lowest BCUT2D eigenvalue weighted by Gasteiger charge is -2.05. The molecule has 0 bridgehead atoms. The van der Waals surface area contributed by atoms with Crippen molar-refractivity contribution in [2.75, 3.05) is 6.54 Å².